The summed E-state index contributed by atoms with van der Waals surface area (Å²) in [7, 11) is 0. The predicted octanol–water partition coefficient (Wildman–Crippen LogP) is 3.08. The maximum absolute atomic E-state index is 10.8. The highest BCUT2D eigenvalue weighted by atomic mass is 32.1. The molecule has 1 aromatic carbocycles. The van der Waals surface area contributed by atoms with Gasteiger partial charge in [0, 0.05) is 11.3 Å². The monoisotopic (exact) mass is 253 g/mol. The summed E-state index contributed by atoms with van der Waals surface area (Å²) in [6.07, 6.45) is 0. The third kappa shape index (κ3) is 3.49. The number of nitrogens with zero attached hydrogens (tertiary/aromatic N) is 1. The molecule has 0 N–H and O–H groups in total. The SMILES string of the molecule is C=C(CS)COc1cc([N+](=O)[O-])c(C)cc1C. The van der Waals surface area contributed by atoms with Crippen LogP contribution in [0.25, 0.3) is 0 Å². The molecule has 92 valence electrons. The van der Waals surface area contributed by atoms with E-state index in [1.54, 1.807) is 13.0 Å². The second-order valence-electron chi connectivity index (χ2n) is 3.86. The molecule has 0 saturated heterocycles. The van der Waals surface area contributed by atoms with E-state index in [0.717, 1.165) is 11.1 Å². The fourth-order valence-corrected chi connectivity index (χ4v) is 1.49. The Labute approximate surface area is 106 Å². The first-order chi connectivity index (χ1) is 7.95. The van der Waals surface area contributed by atoms with Gasteiger partial charge in [-0.25, -0.2) is 0 Å². The van der Waals surface area contributed by atoms with Gasteiger partial charge in [0.2, 0.25) is 0 Å². The maximum Gasteiger partial charge on any atom is 0.276 e. The zero-order valence-corrected chi connectivity index (χ0v) is 10.8. The lowest BCUT2D eigenvalue weighted by molar-refractivity contribution is -0.385. The van der Waals surface area contributed by atoms with Crippen LogP contribution in [0, 0.1) is 24.0 Å². The van der Waals surface area contributed by atoms with Crippen LogP contribution >= 0.6 is 12.6 Å². The molecule has 0 aliphatic rings. The zero-order valence-electron chi connectivity index (χ0n) is 9.90. The van der Waals surface area contributed by atoms with Gasteiger partial charge in [-0.2, -0.15) is 12.6 Å². The first kappa shape index (κ1) is 13.6. The van der Waals surface area contributed by atoms with Crippen molar-refractivity contribution in [2.75, 3.05) is 12.4 Å². The molecular weight excluding hydrogens is 238 g/mol. The van der Waals surface area contributed by atoms with E-state index >= 15 is 0 Å². The highest BCUT2D eigenvalue weighted by molar-refractivity contribution is 7.80. The number of nitro groups is 1. The topological polar surface area (TPSA) is 52.4 Å². The van der Waals surface area contributed by atoms with Crippen LogP contribution < -0.4 is 4.74 Å². The summed E-state index contributed by atoms with van der Waals surface area (Å²) in [6, 6.07) is 3.20. The van der Waals surface area contributed by atoms with E-state index in [4.69, 9.17) is 4.74 Å². The minimum absolute atomic E-state index is 0.0714. The van der Waals surface area contributed by atoms with Gasteiger partial charge in [-0.1, -0.05) is 6.58 Å². The highest BCUT2D eigenvalue weighted by Gasteiger charge is 2.14. The van der Waals surface area contributed by atoms with E-state index in [1.807, 2.05) is 6.92 Å². The van der Waals surface area contributed by atoms with Gasteiger partial charge >= 0.3 is 0 Å². The Balaban J connectivity index is 2.96. The van der Waals surface area contributed by atoms with Crippen LogP contribution in [0.3, 0.4) is 0 Å². The molecule has 0 spiro atoms. The number of nitro benzene ring substituents is 1. The van der Waals surface area contributed by atoms with Crippen LogP contribution in [-0.4, -0.2) is 17.3 Å². The van der Waals surface area contributed by atoms with Gasteiger partial charge in [-0.3, -0.25) is 10.1 Å². The fourth-order valence-electron chi connectivity index (χ4n) is 1.40. The molecule has 0 amide bonds. The molecule has 0 unspecified atom stereocenters. The molecule has 17 heavy (non-hydrogen) atoms. The van der Waals surface area contributed by atoms with Crippen molar-refractivity contribution >= 4 is 18.3 Å². The first-order valence-electron chi connectivity index (χ1n) is 5.11. The second kappa shape index (κ2) is 5.72. The van der Waals surface area contributed by atoms with Gasteiger partial charge in [0.15, 0.2) is 0 Å². The maximum atomic E-state index is 10.8. The number of rotatable bonds is 5. The van der Waals surface area contributed by atoms with Crippen molar-refractivity contribution < 1.29 is 9.66 Å². The minimum Gasteiger partial charge on any atom is -0.489 e. The lowest BCUT2D eigenvalue weighted by Gasteiger charge is -2.10. The van der Waals surface area contributed by atoms with Crippen molar-refractivity contribution in [1.29, 1.82) is 0 Å². The van der Waals surface area contributed by atoms with Crippen LogP contribution in [0.2, 0.25) is 0 Å². The van der Waals surface area contributed by atoms with Crippen molar-refractivity contribution in [2.24, 2.45) is 0 Å². The molecule has 0 bridgehead atoms. The van der Waals surface area contributed by atoms with Crippen molar-refractivity contribution in [3.63, 3.8) is 0 Å². The van der Waals surface area contributed by atoms with Gasteiger partial charge < -0.3 is 4.74 Å². The van der Waals surface area contributed by atoms with Gasteiger partial charge in [0.1, 0.15) is 12.4 Å². The molecule has 0 aromatic heterocycles. The van der Waals surface area contributed by atoms with Gasteiger partial charge in [0.05, 0.1) is 11.0 Å². The average Bonchev–Trinajstić information content (AvgIpc) is 2.26. The van der Waals surface area contributed by atoms with Gasteiger partial charge in [0.25, 0.3) is 5.69 Å². The lowest BCUT2D eigenvalue weighted by atomic mass is 10.1. The van der Waals surface area contributed by atoms with E-state index in [2.05, 4.69) is 19.2 Å². The number of benzene rings is 1. The summed E-state index contributed by atoms with van der Waals surface area (Å²) < 4.78 is 5.48. The molecule has 5 heteroatoms. The van der Waals surface area contributed by atoms with Crippen LogP contribution in [0.4, 0.5) is 5.69 Å². The van der Waals surface area contributed by atoms with Crippen LogP contribution in [0.1, 0.15) is 11.1 Å². The Kier molecular flexibility index (Phi) is 4.57. The molecule has 1 aromatic rings. The van der Waals surface area contributed by atoms with Crippen LogP contribution in [0.5, 0.6) is 5.75 Å². The van der Waals surface area contributed by atoms with E-state index < -0.39 is 4.92 Å². The highest BCUT2D eigenvalue weighted by Crippen LogP contribution is 2.28. The smallest absolute Gasteiger partial charge is 0.276 e. The Morgan fingerprint density at radius 1 is 1.47 bits per heavy atom. The van der Waals surface area contributed by atoms with Crippen LogP contribution in [0.15, 0.2) is 24.3 Å². The third-order valence-electron chi connectivity index (χ3n) is 2.35. The number of ether oxygens (including phenoxy) is 1. The Hall–Kier alpha value is -1.49. The van der Waals surface area contributed by atoms with Crippen LogP contribution in [-0.2, 0) is 0 Å². The molecule has 1 rings (SSSR count). The first-order valence-corrected chi connectivity index (χ1v) is 5.75. The number of hydrogen-bond acceptors (Lipinski definition) is 4. The van der Waals surface area contributed by atoms with E-state index in [1.165, 1.54) is 6.07 Å². The minimum atomic E-state index is -0.408. The summed E-state index contributed by atoms with van der Waals surface area (Å²) in [5, 5.41) is 10.8. The second-order valence-corrected chi connectivity index (χ2v) is 4.17. The molecule has 0 radical (unpaired) electrons. The standard InChI is InChI=1S/C12H15NO3S/c1-8(7-17)6-16-12-5-11(13(14)15)9(2)4-10(12)3/h4-5,17H,1,6-7H2,2-3H3. The molecule has 0 aliphatic heterocycles. The largest absolute Gasteiger partial charge is 0.489 e. The summed E-state index contributed by atoms with van der Waals surface area (Å²) >= 11 is 4.07. The summed E-state index contributed by atoms with van der Waals surface area (Å²) in [5.41, 5.74) is 2.41. The number of hydrogen-bond donors (Lipinski definition) is 1. The van der Waals surface area contributed by atoms with Gasteiger partial charge in [-0.15, -0.1) is 0 Å². The molecular formula is C12H15NO3S. The lowest BCUT2D eigenvalue weighted by Crippen LogP contribution is -2.03. The quantitative estimate of drug-likeness (QED) is 0.380. The molecule has 0 heterocycles. The Morgan fingerprint density at radius 2 is 2.12 bits per heavy atom. The fraction of sp³-hybridized carbons (Fsp3) is 0.333. The zero-order chi connectivity index (χ0) is 13.0. The van der Waals surface area contributed by atoms with Crippen molar-refractivity contribution in [3.05, 3.63) is 45.5 Å². The van der Waals surface area contributed by atoms with E-state index in [9.17, 15) is 10.1 Å². The predicted molar refractivity (Wildman–Crippen MR) is 71.1 cm³/mol. The number of aryl methyl sites for hydroxylation is 2. The summed E-state index contributed by atoms with van der Waals surface area (Å²) in [6.45, 7) is 7.65. The Morgan fingerprint density at radius 3 is 2.65 bits per heavy atom. The van der Waals surface area contributed by atoms with Gasteiger partial charge in [-0.05, 0) is 31.1 Å². The summed E-state index contributed by atoms with van der Waals surface area (Å²) in [4.78, 5) is 10.4. The summed E-state index contributed by atoms with van der Waals surface area (Å²) in [5.74, 6) is 1.05. The van der Waals surface area contributed by atoms with E-state index in [-0.39, 0.29) is 5.69 Å². The van der Waals surface area contributed by atoms with Crippen molar-refractivity contribution in [3.8, 4) is 5.75 Å². The van der Waals surface area contributed by atoms with Crippen molar-refractivity contribution in [2.45, 2.75) is 13.8 Å². The normalized spacial score (nSPS) is 10.1. The van der Waals surface area contributed by atoms with Crippen molar-refractivity contribution in [1.82, 2.24) is 0 Å². The molecule has 0 fully saturated rings. The number of thiol groups is 1. The third-order valence-corrected chi connectivity index (χ3v) is 2.79. The molecule has 0 aliphatic carbocycles. The molecule has 0 atom stereocenters. The average molecular weight is 253 g/mol. The molecule has 4 nitrogen and oxygen atoms in total. The Bertz CT molecular complexity index is 457. The van der Waals surface area contributed by atoms with E-state index in [0.29, 0.717) is 23.7 Å². The molecule has 0 saturated carbocycles.